The number of alkyl halides is 1. The van der Waals surface area contributed by atoms with Gasteiger partial charge in [-0.05, 0) is 37.3 Å². The normalized spacial score (nSPS) is 35.4. The number of fused-ring (bicyclic) bond motifs is 3. The van der Waals surface area contributed by atoms with E-state index in [9.17, 15) is 9.59 Å². The van der Waals surface area contributed by atoms with Crippen LogP contribution in [0.2, 0.25) is 0 Å². The van der Waals surface area contributed by atoms with E-state index in [0.29, 0.717) is 17.9 Å². The molecule has 0 saturated heterocycles. The predicted molar refractivity (Wildman–Crippen MR) is 150 cm³/mol. The standard InChI is InChI=1S/C30H33Br2NO4/c1-15-10-11-22-28(2,3)26(34)20(32)14-30(22)29(15,4)13-18-19(31)12-17-23(25(18)37-30)24(33-27(17)35)16-8-6-7-9-21(16)36-5/h6-9,12,15,20,22,24H,10-11,13-14H2,1-5H3,(H,33,35)/t15-,20+,22-,24+,29+,30-/m0/s1. The van der Waals surface area contributed by atoms with Crippen molar-refractivity contribution in [3.63, 3.8) is 0 Å². The van der Waals surface area contributed by atoms with Crippen LogP contribution < -0.4 is 14.8 Å². The van der Waals surface area contributed by atoms with Crippen LogP contribution in [0, 0.1) is 22.7 Å². The summed E-state index contributed by atoms with van der Waals surface area (Å²) >= 11 is 7.57. The number of carbonyl (C=O) groups excluding carboxylic acids is 2. The van der Waals surface area contributed by atoms with Crippen molar-refractivity contribution in [2.75, 3.05) is 7.11 Å². The van der Waals surface area contributed by atoms with Crippen molar-refractivity contribution >= 4 is 43.6 Å². The van der Waals surface area contributed by atoms with Crippen LogP contribution in [0.1, 0.15) is 80.0 Å². The Morgan fingerprint density at radius 3 is 2.59 bits per heavy atom. The molecular formula is C30H33Br2NO4. The molecule has 4 aliphatic rings. The Bertz CT molecular complexity index is 1340. The van der Waals surface area contributed by atoms with E-state index >= 15 is 0 Å². The number of Topliss-reactive ketones (excluding diaryl/α,β-unsaturated/α-hetero) is 1. The number of benzene rings is 2. The number of amides is 1. The maximum atomic E-state index is 13.4. The molecule has 0 bridgehead atoms. The van der Waals surface area contributed by atoms with Gasteiger partial charge in [-0.1, -0.05) is 77.8 Å². The molecule has 0 aromatic heterocycles. The Morgan fingerprint density at radius 2 is 1.86 bits per heavy atom. The lowest BCUT2D eigenvalue weighted by Crippen LogP contribution is -2.71. The second-order valence-corrected chi connectivity index (χ2v) is 14.1. The second kappa shape index (κ2) is 8.32. The molecule has 0 unspecified atom stereocenters. The van der Waals surface area contributed by atoms with Crippen LogP contribution >= 0.6 is 31.9 Å². The van der Waals surface area contributed by atoms with Crippen LogP contribution in [0.3, 0.4) is 0 Å². The third-order valence-corrected chi connectivity index (χ3v) is 11.7. The summed E-state index contributed by atoms with van der Waals surface area (Å²) in [6, 6.07) is 9.40. The average Bonchev–Trinajstić information content (AvgIpc) is 3.19. The maximum absolute atomic E-state index is 13.4. The average molecular weight is 631 g/mol. The summed E-state index contributed by atoms with van der Waals surface area (Å²) in [7, 11) is 1.65. The molecule has 2 aliphatic heterocycles. The van der Waals surface area contributed by atoms with Gasteiger partial charge >= 0.3 is 0 Å². The van der Waals surface area contributed by atoms with Crippen molar-refractivity contribution < 1.29 is 19.1 Å². The summed E-state index contributed by atoms with van der Waals surface area (Å²) in [5, 5.41) is 3.20. The lowest BCUT2D eigenvalue weighted by Gasteiger charge is -2.66. The maximum Gasteiger partial charge on any atom is 0.252 e. The molecule has 2 heterocycles. The van der Waals surface area contributed by atoms with E-state index < -0.39 is 11.0 Å². The first kappa shape index (κ1) is 25.4. The third kappa shape index (κ3) is 3.25. The first-order valence-corrected chi connectivity index (χ1v) is 14.8. The predicted octanol–water partition coefficient (Wildman–Crippen LogP) is 6.78. The molecule has 2 saturated carbocycles. The summed E-state index contributed by atoms with van der Waals surface area (Å²) in [4.78, 5) is 26.4. The number of nitrogens with one attached hydrogen (secondary N) is 1. The highest BCUT2D eigenvalue weighted by molar-refractivity contribution is 9.10. The van der Waals surface area contributed by atoms with Crippen molar-refractivity contribution in [3.8, 4) is 11.5 Å². The fourth-order valence-corrected chi connectivity index (χ4v) is 9.62. The minimum atomic E-state index is -0.533. The molecule has 7 heteroatoms. The minimum Gasteiger partial charge on any atom is -0.496 e. The number of carbonyl (C=O) groups is 2. The minimum absolute atomic E-state index is 0.0834. The lowest BCUT2D eigenvalue weighted by molar-refractivity contribution is -0.207. The number of halogens is 2. The van der Waals surface area contributed by atoms with Gasteiger partial charge in [-0.3, -0.25) is 9.59 Å². The third-order valence-electron chi connectivity index (χ3n) is 10.2. The molecule has 2 aromatic rings. The molecule has 196 valence electrons. The molecule has 2 fully saturated rings. The van der Waals surface area contributed by atoms with Gasteiger partial charge in [0.15, 0.2) is 5.78 Å². The summed E-state index contributed by atoms with van der Waals surface area (Å²) in [5.74, 6) is 2.17. The number of ketones is 1. The van der Waals surface area contributed by atoms with E-state index in [1.54, 1.807) is 7.11 Å². The molecule has 1 spiro atoms. The topological polar surface area (TPSA) is 64.6 Å². The van der Waals surface area contributed by atoms with Crippen LogP contribution in [-0.2, 0) is 11.2 Å². The zero-order chi connectivity index (χ0) is 26.5. The van der Waals surface area contributed by atoms with Gasteiger partial charge in [-0.25, -0.2) is 0 Å². The SMILES string of the molecule is COc1ccccc1[C@H]1NC(=O)c2cc(Br)c3c(c21)O[C@@]12C[C@@H](Br)C(=O)C(C)(C)[C@@H]1CC[C@H](C)[C@@]2(C)C3. The monoisotopic (exact) mass is 629 g/mol. The lowest BCUT2D eigenvalue weighted by atomic mass is 9.44. The quantitative estimate of drug-likeness (QED) is 0.372. The molecule has 6 atom stereocenters. The van der Waals surface area contributed by atoms with E-state index in [1.807, 2.05) is 30.3 Å². The molecular weight excluding hydrogens is 598 g/mol. The van der Waals surface area contributed by atoms with Crippen molar-refractivity contribution in [1.29, 1.82) is 0 Å². The number of hydrogen-bond donors (Lipinski definition) is 1. The van der Waals surface area contributed by atoms with Gasteiger partial charge in [-0.15, -0.1) is 0 Å². The first-order valence-electron chi connectivity index (χ1n) is 13.1. The van der Waals surface area contributed by atoms with Crippen molar-refractivity contribution in [2.45, 2.75) is 69.8 Å². The van der Waals surface area contributed by atoms with Crippen molar-refractivity contribution in [2.24, 2.45) is 22.7 Å². The van der Waals surface area contributed by atoms with Gasteiger partial charge in [0.1, 0.15) is 17.1 Å². The Morgan fingerprint density at radius 1 is 1.14 bits per heavy atom. The zero-order valence-corrected chi connectivity index (χ0v) is 25.1. The number of para-hydroxylation sites is 1. The fraction of sp³-hybridized carbons (Fsp3) is 0.533. The highest BCUT2D eigenvalue weighted by atomic mass is 79.9. The van der Waals surface area contributed by atoms with E-state index in [-0.39, 0.29) is 33.9 Å². The van der Waals surface area contributed by atoms with Gasteiger partial charge in [0.05, 0.1) is 18.0 Å². The largest absolute Gasteiger partial charge is 0.496 e. The van der Waals surface area contributed by atoms with Crippen LogP contribution in [0.4, 0.5) is 0 Å². The van der Waals surface area contributed by atoms with Gasteiger partial charge in [0.2, 0.25) is 0 Å². The molecule has 5 nitrogen and oxygen atoms in total. The Hall–Kier alpha value is -1.86. The molecule has 2 aromatic carbocycles. The number of ether oxygens (including phenoxy) is 2. The number of methoxy groups -OCH3 is 1. The second-order valence-electron chi connectivity index (χ2n) is 12.2. The number of rotatable bonds is 2. The van der Waals surface area contributed by atoms with Gasteiger partial charge < -0.3 is 14.8 Å². The molecule has 1 amide bonds. The molecule has 6 rings (SSSR count). The molecule has 0 radical (unpaired) electrons. The zero-order valence-electron chi connectivity index (χ0n) is 21.9. The highest BCUT2D eigenvalue weighted by Crippen LogP contribution is 2.67. The smallest absolute Gasteiger partial charge is 0.252 e. The fourth-order valence-electron chi connectivity index (χ4n) is 8.00. The summed E-state index contributed by atoms with van der Waals surface area (Å²) in [6.45, 7) is 8.89. The van der Waals surface area contributed by atoms with Gasteiger partial charge in [0.25, 0.3) is 5.91 Å². The van der Waals surface area contributed by atoms with E-state index in [4.69, 9.17) is 9.47 Å². The van der Waals surface area contributed by atoms with E-state index in [0.717, 1.165) is 51.9 Å². The Balaban J connectivity index is 1.60. The molecule has 1 N–H and O–H groups in total. The van der Waals surface area contributed by atoms with Gasteiger partial charge in [-0.2, -0.15) is 0 Å². The Kier molecular flexibility index (Phi) is 5.71. The summed E-state index contributed by atoms with van der Waals surface area (Å²) in [6.07, 6.45) is 3.47. The van der Waals surface area contributed by atoms with Gasteiger partial charge in [0, 0.05) is 49.9 Å². The van der Waals surface area contributed by atoms with Crippen LogP contribution in [-0.4, -0.2) is 29.2 Å². The van der Waals surface area contributed by atoms with Crippen molar-refractivity contribution in [1.82, 2.24) is 5.32 Å². The molecule has 37 heavy (non-hydrogen) atoms. The number of hydrogen-bond acceptors (Lipinski definition) is 4. The Labute approximate surface area is 235 Å². The van der Waals surface area contributed by atoms with E-state index in [2.05, 4.69) is 64.9 Å². The van der Waals surface area contributed by atoms with Crippen LogP contribution in [0.15, 0.2) is 34.8 Å². The summed E-state index contributed by atoms with van der Waals surface area (Å²) in [5.41, 5.74) is 2.30. The van der Waals surface area contributed by atoms with Crippen LogP contribution in [0.5, 0.6) is 11.5 Å². The molecule has 2 aliphatic carbocycles. The van der Waals surface area contributed by atoms with E-state index in [1.165, 1.54) is 0 Å². The highest BCUT2D eigenvalue weighted by Gasteiger charge is 2.69. The van der Waals surface area contributed by atoms with Crippen molar-refractivity contribution in [3.05, 3.63) is 57.1 Å². The summed E-state index contributed by atoms with van der Waals surface area (Å²) < 4.78 is 14.0. The first-order chi connectivity index (χ1) is 17.5. The van der Waals surface area contributed by atoms with Crippen LogP contribution in [0.25, 0.3) is 0 Å².